The van der Waals surface area contributed by atoms with Gasteiger partial charge in [0.05, 0.1) is 0 Å². The number of hydrogen-bond acceptors (Lipinski definition) is 3. The molecule has 1 saturated heterocycles. The van der Waals surface area contributed by atoms with Gasteiger partial charge in [0.15, 0.2) is 0 Å². The van der Waals surface area contributed by atoms with Crippen LogP contribution in [0.1, 0.15) is 12.8 Å². The Labute approximate surface area is 99.6 Å². The summed E-state index contributed by atoms with van der Waals surface area (Å²) < 4.78 is 13.3. The molecule has 4 nitrogen and oxygen atoms in total. The van der Waals surface area contributed by atoms with Gasteiger partial charge in [0, 0.05) is 25.0 Å². The van der Waals surface area contributed by atoms with Crippen LogP contribution in [-0.4, -0.2) is 25.5 Å². The van der Waals surface area contributed by atoms with Crippen LogP contribution in [-0.2, 0) is 4.79 Å². The molecule has 1 unspecified atom stereocenters. The topological polar surface area (TPSA) is 58.4 Å². The van der Waals surface area contributed by atoms with Crippen LogP contribution in [0.25, 0.3) is 0 Å². The largest absolute Gasteiger partial charge is 0.399 e. The first kappa shape index (κ1) is 11.7. The quantitative estimate of drug-likeness (QED) is 0.758. The molecule has 1 aliphatic heterocycles. The highest BCUT2D eigenvalue weighted by atomic mass is 19.1. The van der Waals surface area contributed by atoms with E-state index in [1.54, 1.807) is 13.1 Å². The number of nitrogens with two attached hydrogens (primary N) is 1. The van der Waals surface area contributed by atoms with Crippen LogP contribution < -0.4 is 16.0 Å². The third kappa shape index (κ3) is 2.33. The lowest BCUT2D eigenvalue weighted by Gasteiger charge is -2.25. The molecular weight excluding hydrogens is 221 g/mol. The van der Waals surface area contributed by atoms with Gasteiger partial charge in [-0.1, -0.05) is 0 Å². The normalized spacial score (nSPS) is 19.4. The van der Waals surface area contributed by atoms with Crippen LogP contribution in [0.3, 0.4) is 0 Å². The molecule has 1 atom stereocenters. The second kappa shape index (κ2) is 4.61. The number of halogens is 1. The predicted molar refractivity (Wildman–Crippen MR) is 65.2 cm³/mol. The first-order valence-corrected chi connectivity index (χ1v) is 5.66. The Kier molecular flexibility index (Phi) is 3.17. The molecule has 1 aliphatic rings. The number of nitrogens with zero attached hydrogens (tertiary/aromatic N) is 1. The number of nitrogens with one attached hydrogen (secondary N) is 1. The van der Waals surface area contributed by atoms with Crippen LogP contribution in [0.2, 0.25) is 0 Å². The Bertz CT molecular complexity index is 416. The molecule has 92 valence electrons. The number of likely N-dealkylation sites (N-methyl/N-ethyl adjacent to an activating group) is 1. The molecule has 0 saturated carbocycles. The Hall–Kier alpha value is -1.78. The van der Waals surface area contributed by atoms with E-state index in [2.05, 4.69) is 5.32 Å². The van der Waals surface area contributed by atoms with Gasteiger partial charge in [-0.05, 0) is 31.0 Å². The van der Waals surface area contributed by atoms with Crippen molar-refractivity contribution in [1.82, 2.24) is 5.32 Å². The van der Waals surface area contributed by atoms with Crippen LogP contribution >= 0.6 is 0 Å². The molecule has 0 spiro atoms. The van der Waals surface area contributed by atoms with Gasteiger partial charge in [0.25, 0.3) is 0 Å². The van der Waals surface area contributed by atoms with Crippen molar-refractivity contribution in [3.05, 3.63) is 24.0 Å². The van der Waals surface area contributed by atoms with E-state index < -0.39 is 0 Å². The first-order valence-electron chi connectivity index (χ1n) is 5.66. The number of carbonyl (C=O) groups is 1. The van der Waals surface area contributed by atoms with Gasteiger partial charge >= 0.3 is 0 Å². The molecule has 0 aromatic heterocycles. The standard InChI is InChI=1S/C12H16FN3O/c1-15-12(17)11-3-2-4-16(11)10-6-8(13)5-9(14)7-10/h5-7,11H,2-4,14H2,1H3,(H,15,17). The van der Waals surface area contributed by atoms with Crippen molar-refractivity contribution in [2.45, 2.75) is 18.9 Å². The van der Waals surface area contributed by atoms with Gasteiger partial charge in [-0.2, -0.15) is 0 Å². The molecule has 1 aromatic rings. The van der Waals surface area contributed by atoms with E-state index in [0.29, 0.717) is 11.4 Å². The van der Waals surface area contributed by atoms with E-state index >= 15 is 0 Å². The smallest absolute Gasteiger partial charge is 0.242 e. The summed E-state index contributed by atoms with van der Waals surface area (Å²) in [4.78, 5) is 13.6. The van der Waals surface area contributed by atoms with Crippen molar-refractivity contribution in [2.24, 2.45) is 0 Å². The van der Waals surface area contributed by atoms with Crippen molar-refractivity contribution in [3.8, 4) is 0 Å². The maximum absolute atomic E-state index is 13.3. The lowest BCUT2D eigenvalue weighted by Crippen LogP contribution is -2.42. The molecule has 1 heterocycles. The molecule has 0 aliphatic carbocycles. The van der Waals surface area contributed by atoms with Gasteiger partial charge in [-0.25, -0.2) is 4.39 Å². The lowest BCUT2D eigenvalue weighted by atomic mass is 10.2. The summed E-state index contributed by atoms with van der Waals surface area (Å²) in [7, 11) is 1.61. The van der Waals surface area contributed by atoms with Crippen LogP contribution in [0.4, 0.5) is 15.8 Å². The maximum Gasteiger partial charge on any atom is 0.242 e. The third-order valence-electron chi connectivity index (χ3n) is 3.04. The number of carbonyl (C=O) groups excluding carboxylic acids is 1. The first-order chi connectivity index (χ1) is 8.11. The molecule has 3 N–H and O–H groups in total. The molecule has 1 fully saturated rings. The average molecular weight is 237 g/mol. The number of amides is 1. The minimum Gasteiger partial charge on any atom is -0.399 e. The van der Waals surface area contributed by atoms with E-state index in [9.17, 15) is 9.18 Å². The Morgan fingerprint density at radius 1 is 1.53 bits per heavy atom. The zero-order valence-corrected chi connectivity index (χ0v) is 9.74. The van der Waals surface area contributed by atoms with Crippen LogP contribution in [0.5, 0.6) is 0 Å². The summed E-state index contributed by atoms with van der Waals surface area (Å²) in [6.45, 7) is 0.751. The number of rotatable bonds is 2. The average Bonchev–Trinajstić information content (AvgIpc) is 2.75. The van der Waals surface area contributed by atoms with Crippen molar-refractivity contribution in [1.29, 1.82) is 0 Å². The van der Waals surface area contributed by atoms with Gasteiger partial charge in [0.2, 0.25) is 5.91 Å². The fourth-order valence-electron chi connectivity index (χ4n) is 2.28. The van der Waals surface area contributed by atoms with Crippen molar-refractivity contribution < 1.29 is 9.18 Å². The monoisotopic (exact) mass is 237 g/mol. The number of benzene rings is 1. The summed E-state index contributed by atoms with van der Waals surface area (Å²) in [5, 5.41) is 2.63. The van der Waals surface area contributed by atoms with Crippen LogP contribution in [0.15, 0.2) is 18.2 Å². The van der Waals surface area contributed by atoms with Crippen molar-refractivity contribution in [3.63, 3.8) is 0 Å². The Morgan fingerprint density at radius 2 is 2.29 bits per heavy atom. The van der Waals surface area contributed by atoms with E-state index in [4.69, 9.17) is 5.73 Å². The van der Waals surface area contributed by atoms with E-state index in [-0.39, 0.29) is 17.8 Å². The maximum atomic E-state index is 13.3. The van der Waals surface area contributed by atoms with E-state index in [0.717, 1.165) is 19.4 Å². The van der Waals surface area contributed by atoms with E-state index in [1.807, 2.05) is 4.90 Å². The fourth-order valence-corrected chi connectivity index (χ4v) is 2.28. The SMILES string of the molecule is CNC(=O)C1CCCN1c1cc(N)cc(F)c1. The number of hydrogen-bond donors (Lipinski definition) is 2. The van der Waals surface area contributed by atoms with Crippen molar-refractivity contribution in [2.75, 3.05) is 24.2 Å². The number of nitrogen functional groups attached to an aromatic ring is 1. The van der Waals surface area contributed by atoms with Crippen molar-refractivity contribution >= 4 is 17.3 Å². The molecule has 0 bridgehead atoms. The minimum absolute atomic E-state index is 0.0367. The molecule has 5 heteroatoms. The minimum atomic E-state index is -0.373. The van der Waals surface area contributed by atoms with Crippen LogP contribution in [0, 0.1) is 5.82 Å². The molecule has 2 rings (SSSR count). The van der Waals surface area contributed by atoms with Gasteiger partial charge in [-0.15, -0.1) is 0 Å². The Balaban J connectivity index is 2.28. The summed E-state index contributed by atoms with van der Waals surface area (Å²) in [6, 6.07) is 4.16. The van der Waals surface area contributed by atoms with Gasteiger partial charge in [0.1, 0.15) is 11.9 Å². The highest BCUT2D eigenvalue weighted by Gasteiger charge is 2.30. The number of anilines is 2. The lowest BCUT2D eigenvalue weighted by molar-refractivity contribution is -0.121. The zero-order chi connectivity index (χ0) is 12.4. The molecule has 17 heavy (non-hydrogen) atoms. The molecule has 1 amide bonds. The second-order valence-corrected chi connectivity index (χ2v) is 4.21. The van der Waals surface area contributed by atoms with Gasteiger partial charge < -0.3 is 16.0 Å². The molecule has 0 radical (unpaired) electrons. The fraction of sp³-hybridized carbons (Fsp3) is 0.417. The zero-order valence-electron chi connectivity index (χ0n) is 9.74. The molecule has 1 aromatic carbocycles. The third-order valence-corrected chi connectivity index (χ3v) is 3.04. The summed E-state index contributed by atoms with van der Waals surface area (Å²) in [5.41, 5.74) is 6.67. The predicted octanol–water partition coefficient (Wildman–Crippen LogP) is 1.12. The highest BCUT2D eigenvalue weighted by molar-refractivity contribution is 5.85. The van der Waals surface area contributed by atoms with E-state index in [1.165, 1.54) is 12.1 Å². The second-order valence-electron chi connectivity index (χ2n) is 4.21. The van der Waals surface area contributed by atoms with Gasteiger partial charge in [-0.3, -0.25) is 4.79 Å². The summed E-state index contributed by atoms with van der Waals surface area (Å²) in [5.74, 6) is -0.409. The molecular formula is C12H16FN3O. The summed E-state index contributed by atoms with van der Waals surface area (Å²) in [6.07, 6.45) is 1.71. The summed E-state index contributed by atoms with van der Waals surface area (Å²) >= 11 is 0. The Morgan fingerprint density at radius 3 is 2.94 bits per heavy atom. The highest BCUT2D eigenvalue weighted by Crippen LogP contribution is 2.28.